The molecule has 0 aliphatic heterocycles. The lowest BCUT2D eigenvalue weighted by Gasteiger charge is -2.25. The van der Waals surface area contributed by atoms with E-state index < -0.39 is 5.60 Å². The van der Waals surface area contributed by atoms with Crippen LogP contribution in [0.1, 0.15) is 44.9 Å². The summed E-state index contributed by atoms with van der Waals surface area (Å²) >= 11 is 5.62. The zero-order valence-electron chi connectivity index (χ0n) is 6.98. The third-order valence-corrected chi connectivity index (χ3v) is 2.78. The summed E-state index contributed by atoms with van der Waals surface area (Å²) in [6, 6.07) is 0. The van der Waals surface area contributed by atoms with Crippen LogP contribution in [-0.2, 0) is 0 Å². The van der Waals surface area contributed by atoms with Gasteiger partial charge < -0.3 is 5.11 Å². The Balaban J connectivity index is 2.38. The SMILES string of the molecule is OC1(CCCl)CCCCCC1. The first-order valence-electron chi connectivity index (χ1n) is 4.55. The highest BCUT2D eigenvalue weighted by Gasteiger charge is 2.26. The summed E-state index contributed by atoms with van der Waals surface area (Å²) < 4.78 is 0. The minimum absolute atomic E-state index is 0.418. The Morgan fingerprint density at radius 3 is 2.09 bits per heavy atom. The monoisotopic (exact) mass is 176 g/mol. The van der Waals surface area contributed by atoms with Crippen LogP contribution in [0, 0.1) is 0 Å². The number of halogens is 1. The normalized spacial score (nSPS) is 24.5. The average Bonchev–Trinajstić information content (AvgIpc) is 2.15. The molecular weight excluding hydrogens is 160 g/mol. The van der Waals surface area contributed by atoms with E-state index in [9.17, 15) is 5.11 Å². The van der Waals surface area contributed by atoms with E-state index in [1.165, 1.54) is 25.7 Å². The molecule has 0 atom stereocenters. The molecule has 0 radical (unpaired) electrons. The Labute approximate surface area is 73.8 Å². The molecule has 0 spiro atoms. The van der Waals surface area contributed by atoms with E-state index in [-0.39, 0.29) is 0 Å². The van der Waals surface area contributed by atoms with Crippen LogP contribution in [0.4, 0.5) is 0 Å². The van der Waals surface area contributed by atoms with E-state index in [1.54, 1.807) is 0 Å². The van der Waals surface area contributed by atoms with Crippen molar-refractivity contribution in [1.82, 2.24) is 0 Å². The second kappa shape index (κ2) is 4.32. The van der Waals surface area contributed by atoms with Gasteiger partial charge in [-0.25, -0.2) is 0 Å². The topological polar surface area (TPSA) is 20.2 Å². The molecule has 1 nitrogen and oxygen atoms in total. The fourth-order valence-electron chi connectivity index (χ4n) is 1.81. The van der Waals surface area contributed by atoms with Crippen LogP contribution >= 0.6 is 11.6 Å². The van der Waals surface area contributed by atoms with Gasteiger partial charge in [0, 0.05) is 5.88 Å². The molecule has 11 heavy (non-hydrogen) atoms. The molecule has 1 fully saturated rings. The Morgan fingerprint density at radius 1 is 1.09 bits per heavy atom. The van der Waals surface area contributed by atoms with Gasteiger partial charge in [-0.05, 0) is 19.3 Å². The third kappa shape index (κ3) is 3.00. The van der Waals surface area contributed by atoms with Gasteiger partial charge in [0.15, 0.2) is 0 Å². The van der Waals surface area contributed by atoms with E-state index in [0.717, 1.165) is 19.3 Å². The Bertz CT molecular complexity index is 106. The molecule has 0 aromatic carbocycles. The Morgan fingerprint density at radius 2 is 1.64 bits per heavy atom. The van der Waals surface area contributed by atoms with Crippen molar-refractivity contribution in [3.63, 3.8) is 0 Å². The molecule has 0 heterocycles. The zero-order valence-corrected chi connectivity index (χ0v) is 7.74. The van der Waals surface area contributed by atoms with Gasteiger partial charge in [-0.1, -0.05) is 25.7 Å². The van der Waals surface area contributed by atoms with Gasteiger partial charge in [0.05, 0.1) is 5.60 Å². The second-order valence-corrected chi connectivity index (χ2v) is 3.96. The van der Waals surface area contributed by atoms with E-state index >= 15 is 0 Å². The number of aliphatic hydroxyl groups is 1. The summed E-state index contributed by atoms with van der Waals surface area (Å²) in [5.41, 5.74) is -0.418. The van der Waals surface area contributed by atoms with Crippen LogP contribution in [0.5, 0.6) is 0 Å². The van der Waals surface area contributed by atoms with Gasteiger partial charge in [0.1, 0.15) is 0 Å². The van der Waals surface area contributed by atoms with E-state index in [4.69, 9.17) is 11.6 Å². The molecule has 66 valence electrons. The van der Waals surface area contributed by atoms with Gasteiger partial charge in [0.25, 0.3) is 0 Å². The number of alkyl halides is 1. The lowest BCUT2D eigenvalue weighted by Crippen LogP contribution is -2.27. The molecule has 1 N–H and O–H groups in total. The number of hydrogen-bond acceptors (Lipinski definition) is 1. The molecule has 0 aromatic rings. The summed E-state index contributed by atoms with van der Waals surface area (Å²) in [5, 5.41) is 9.97. The molecule has 1 saturated carbocycles. The van der Waals surface area contributed by atoms with Crippen LogP contribution in [0.15, 0.2) is 0 Å². The van der Waals surface area contributed by atoms with Crippen LogP contribution < -0.4 is 0 Å². The predicted octanol–water partition coefficient (Wildman–Crippen LogP) is 2.70. The molecule has 1 rings (SSSR count). The fourth-order valence-corrected chi connectivity index (χ4v) is 2.16. The van der Waals surface area contributed by atoms with Gasteiger partial charge in [-0.15, -0.1) is 11.6 Å². The number of hydrogen-bond donors (Lipinski definition) is 1. The highest BCUT2D eigenvalue weighted by molar-refractivity contribution is 6.17. The fraction of sp³-hybridized carbons (Fsp3) is 1.00. The Kier molecular flexibility index (Phi) is 3.67. The molecule has 2 heteroatoms. The van der Waals surface area contributed by atoms with Crippen molar-refractivity contribution in [2.45, 2.75) is 50.5 Å². The maximum atomic E-state index is 9.97. The lowest BCUT2D eigenvalue weighted by molar-refractivity contribution is 0.0220. The van der Waals surface area contributed by atoms with Crippen molar-refractivity contribution in [3.8, 4) is 0 Å². The largest absolute Gasteiger partial charge is 0.390 e. The van der Waals surface area contributed by atoms with Gasteiger partial charge in [-0.3, -0.25) is 0 Å². The van der Waals surface area contributed by atoms with Crippen molar-refractivity contribution < 1.29 is 5.11 Å². The molecular formula is C9H17ClO. The van der Waals surface area contributed by atoms with E-state index in [2.05, 4.69) is 0 Å². The molecule has 0 bridgehead atoms. The van der Waals surface area contributed by atoms with Crippen molar-refractivity contribution in [1.29, 1.82) is 0 Å². The quantitative estimate of drug-likeness (QED) is 0.507. The van der Waals surface area contributed by atoms with Crippen LogP contribution in [0.2, 0.25) is 0 Å². The minimum atomic E-state index is -0.418. The first kappa shape index (κ1) is 9.34. The molecule has 0 saturated heterocycles. The third-order valence-electron chi connectivity index (χ3n) is 2.59. The van der Waals surface area contributed by atoms with Crippen molar-refractivity contribution in [2.75, 3.05) is 5.88 Å². The van der Waals surface area contributed by atoms with Gasteiger partial charge in [0.2, 0.25) is 0 Å². The summed E-state index contributed by atoms with van der Waals surface area (Å²) in [6.45, 7) is 0. The minimum Gasteiger partial charge on any atom is -0.390 e. The number of rotatable bonds is 2. The van der Waals surface area contributed by atoms with Crippen molar-refractivity contribution in [2.24, 2.45) is 0 Å². The lowest BCUT2D eigenvalue weighted by atomic mass is 9.92. The summed E-state index contributed by atoms with van der Waals surface area (Å²) in [7, 11) is 0. The highest BCUT2D eigenvalue weighted by atomic mass is 35.5. The zero-order chi connectivity index (χ0) is 8.16. The molecule has 0 amide bonds. The van der Waals surface area contributed by atoms with Gasteiger partial charge >= 0.3 is 0 Å². The molecule has 0 aromatic heterocycles. The van der Waals surface area contributed by atoms with E-state index in [0.29, 0.717) is 5.88 Å². The second-order valence-electron chi connectivity index (χ2n) is 3.58. The van der Waals surface area contributed by atoms with Crippen LogP contribution in [-0.4, -0.2) is 16.6 Å². The highest BCUT2D eigenvalue weighted by Crippen LogP contribution is 2.29. The van der Waals surface area contributed by atoms with E-state index in [1.807, 2.05) is 0 Å². The maximum absolute atomic E-state index is 9.97. The first-order valence-corrected chi connectivity index (χ1v) is 5.09. The Hall–Kier alpha value is 0.250. The van der Waals surface area contributed by atoms with Crippen molar-refractivity contribution >= 4 is 11.6 Å². The summed E-state index contributed by atoms with van der Waals surface area (Å²) in [6.07, 6.45) is 7.60. The van der Waals surface area contributed by atoms with Crippen LogP contribution in [0.25, 0.3) is 0 Å². The average molecular weight is 177 g/mol. The van der Waals surface area contributed by atoms with Crippen LogP contribution in [0.3, 0.4) is 0 Å². The molecule has 1 aliphatic carbocycles. The summed E-state index contributed by atoms with van der Waals surface area (Å²) in [5.74, 6) is 0.594. The molecule has 1 aliphatic rings. The maximum Gasteiger partial charge on any atom is 0.0659 e. The smallest absolute Gasteiger partial charge is 0.0659 e. The first-order chi connectivity index (χ1) is 5.27. The standard InChI is InChI=1S/C9H17ClO/c10-8-7-9(11)5-3-1-2-4-6-9/h11H,1-8H2. The summed E-state index contributed by atoms with van der Waals surface area (Å²) in [4.78, 5) is 0. The van der Waals surface area contributed by atoms with Gasteiger partial charge in [-0.2, -0.15) is 0 Å². The predicted molar refractivity (Wildman–Crippen MR) is 48.0 cm³/mol. The molecule has 0 unspecified atom stereocenters. The van der Waals surface area contributed by atoms with Crippen molar-refractivity contribution in [3.05, 3.63) is 0 Å².